The second-order valence-electron chi connectivity index (χ2n) is 9.62. The van der Waals surface area contributed by atoms with E-state index in [0.717, 1.165) is 23.2 Å². The fourth-order valence-electron chi connectivity index (χ4n) is 5.34. The van der Waals surface area contributed by atoms with Crippen LogP contribution in [0, 0.1) is 12.3 Å². The lowest BCUT2D eigenvalue weighted by Gasteiger charge is -2.36. The molecule has 0 aromatic carbocycles. The molecule has 1 N–H and O–H groups in total. The van der Waals surface area contributed by atoms with Crippen LogP contribution in [-0.4, -0.2) is 45.5 Å². The molecule has 3 aliphatic rings. The molecule has 2 aliphatic carbocycles. The number of aromatic nitrogens is 1. The molecule has 2 heterocycles. The summed E-state index contributed by atoms with van der Waals surface area (Å²) >= 11 is 0. The maximum Gasteiger partial charge on any atom is 0.227 e. The van der Waals surface area contributed by atoms with Crippen molar-refractivity contribution in [2.24, 2.45) is 5.41 Å². The van der Waals surface area contributed by atoms with Gasteiger partial charge in [-0.25, -0.2) is 0 Å². The normalized spacial score (nSPS) is 23.3. The van der Waals surface area contributed by atoms with Crippen molar-refractivity contribution in [1.82, 2.24) is 9.47 Å². The zero-order chi connectivity index (χ0) is 19.3. The highest BCUT2D eigenvalue weighted by molar-refractivity contribution is 6.01. The van der Waals surface area contributed by atoms with Crippen LogP contribution in [0.5, 0.6) is 0 Å². The van der Waals surface area contributed by atoms with E-state index in [9.17, 15) is 14.7 Å². The van der Waals surface area contributed by atoms with Gasteiger partial charge in [-0.2, -0.15) is 0 Å². The van der Waals surface area contributed by atoms with E-state index in [0.29, 0.717) is 25.6 Å². The van der Waals surface area contributed by atoms with Gasteiger partial charge in [0.15, 0.2) is 5.78 Å². The van der Waals surface area contributed by atoms with E-state index in [2.05, 4.69) is 25.3 Å². The Labute approximate surface area is 161 Å². The van der Waals surface area contributed by atoms with Gasteiger partial charge in [0.1, 0.15) is 0 Å². The average Bonchev–Trinajstić information content (AvgIpc) is 2.83. The number of amides is 1. The Hall–Kier alpha value is -1.62. The van der Waals surface area contributed by atoms with Crippen LogP contribution < -0.4 is 0 Å². The van der Waals surface area contributed by atoms with E-state index in [1.807, 2.05) is 0 Å². The topological polar surface area (TPSA) is 62.5 Å². The molecule has 0 atom stereocenters. The minimum Gasteiger partial charge on any atom is -0.389 e. The van der Waals surface area contributed by atoms with Gasteiger partial charge in [0, 0.05) is 42.5 Å². The van der Waals surface area contributed by atoms with Gasteiger partial charge in [-0.1, -0.05) is 33.1 Å². The quantitative estimate of drug-likeness (QED) is 0.886. The number of β-amino-alcohol motifs (C(OH)–C–C–N with tert-alkyl or cyclic N) is 1. The van der Waals surface area contributed by atoms with Crippen LogP contribution in [0.3, 0.4) is 0 Å². The number of carbonyl (C=O) groups excluding carboxylic acids is 2. The Balaban J connectivity index is 1.73. The Bertz CT molecular complexity index is 765. The zero-order valence-electron chi connectivity index (χ0n) is 16.9. The molecule has 5 heteroatoms. The SMILES string of the molecule is Cc1c(CC(=O)N2CC(O)C2)c2c(n1C1CCCCC1)CC(C)(C)CC2=O. The molecule has 27 heavy (non-hydrogen) atoms. The number of rotatable bonds is 3. The first-order valence-electron chi connectivity index (χ1n) is 10.5. The van der Waals surface area contributed by atoms with Gasteiger partial charge in [0.05, 0.1) is 12.5 Å². The number of fused-ring (bicyclic) bond motifs is 1. The Kier molecular flexibility index (Phi) is 4.69. The van der Waals surface area contributed by atoms with Gasteiger partial charge in [-0.3, -0.25) is 9.59 Å². The Morgan fingerprint density at radius 1 is 1.15 bits per heavy atom. The molecule has 0 unspecified atom stereocenters. The molecule has 1 saturated heterocycles. The fraction of sp³-hybridized carbons (Fsp3) is 0.727. The van der Waals surface area contributed by atoms with Crippen LogP contribution in [0.15, 0.2) is 0 Å². The summed E-state index contributed by atoms with van der Waals surface area (Å²) in [5.41, 5.74) is 4.05. The van der Waals surface area contributed by atoms with E-state index >= 15 is 0 Å². The van der Waals surface area contributed by atoms with Crippen molar-refractivity contribution in [3.63, 3.8) is 0 Å². The summed E-state index contributed by atoms with van der Waals surface area (Å²) in [5.74, 6) is 0.231. The number of aliphatic hydroxyl groups is 1. The third-order valence-corrected chi connectivity index (χ3v) is 6.73. The second kappa shape index (κ2) is 6.77. The highest BCUT2D eigenvalue weighted by Gasteiger charge is 2.39. The van der Waals surface area contributed by atoms with Crippen molar-refractivity contribution in [3.05, 3.63) is 22.5 Å². The molecule has 4 rings (SSSR count). The van der Waals surface area contributed by atoms with Crippen molar-refractivity contribution in [2.45, 2.75) is 84.3 Å². The van der Waals surface area contributed by atoms with Gasteiger partial charge in [-0.05, 0) is 37.2 Å². The number of aliphatic hydroxyl groups excluding tert-OH is 1. The largest absolute Gasteiger partial charge is 0.389 e. The van der Waals surface area contributed by atoms with E-state index in [4.69, 9.17) is 0 Å². The minimum atomic E-state index is -0.391. The van der Waals surface area contributed by atoms with Gasteiger partial charge >= 0.3 is 0 Å². The van der Waals surface area contributed by atoms with Crippen LogP contribution in [0.25, 0.3) is 0 Å². The summed E-state index contributed by atoms with van der Waals surface area (Å²) < 4.78 is 2.43. The standard InChI is InChI=1S/C22H32N2O3/c1-14-17(9-20(27)23-12-16(25)13-23)21-18(10-22(2,3)11-19(21)26)24(14)15-7-5-4-6-8-15/h15-16,25H,4-13H2,1-3H3. The predicted octanol–water partition coefficient (Wildman–Crippen LogP) is 3.20. The molecule has 1 aromatic rings. The van der Waals surface area contributed by atoms with Crippen LogP contribution in [-0.2, 0) is 17.6 Å². The van der Waals surface area contributed by atoms with Gasteiger partial charge in [-0.15, -0.1) is 0 Å². The van der Waals surface area contributed by atoms with Gasteiger partial charge < -0.3 is 14.6 Å². The molecule has 148 valence electrons. The van der Waals surface area contributed by atoms with E-state index in [1.54, 1.807) is 4.90 Å². The molecule has 0 spiro atoms. The highest BCUT2D eigenvalue weighted by atomic mass is 16.3. The van der Waals surface area contributed by atoms with E-state index in [1.165, 1.54) is 37.8 Å². The molecule has 1 amide bonds. The molecular weight excluding hydrogens is 340 g/mol. The predicted molar refractivity (Wildman–Crippen MR) is 104 cm³/mol. The van der Waals surface area contributed by atoms with Crippen molar-refractivity contribution in [3.8, 4) is 0 Å². The lowest BCUT2D eigenvalue weighted by atomic mass is 9.75. The first kappa shape index (κ1) is 18.7. The number of carbonyl (C=O) groups is 2. The monoisotopic (exact) mass is 372 g/mol. The van der Waals surface area contributed by atoms with Gasteiger partial charge in [0.25, 0.3) is 0 Å². The maximum absolute atomic E-state index is 13.1. The van der Waals surface area contributed by atoms with Crippen LogP contribution >= 0.6 is 0 Å². The number of hydrogen-bond donors (Lipinski definition) is 1. The number of ketones is 1. The highest BCUT2D eigenvalue weighted by Crippen LogP contribution is 2.42. The van der Waals surface area contributed by atoms with E-state index < -0.39 is 6.10 Å². The molecule has 5 nitrogen and oxygen atoms in total. The molecular formula is C22H32N2O3. The zero-order valence-corrected chi connectivity index (χ0v) is 16.9. The smallest absolute Gasteiger partial charge is 0.227 e. The number of Topliss-reactive ketones (excluding diaryl/α,β-unsaturated/α-hetero) is 1. The molecule has 1 aromatic heterocycles. The third kappa shape index (κ3) is 3.35. The summed E-state index contributed by atoms with van der Waals surface area (Å²) in [6, 6.07) is 0.462. The molecule has 1 saturated carbocycles. The van der Waals surface area contributed by atoms with E-state index in [-0.39, 0.29) is 23.5 Å². The van der Waals surface area contributed by atoms with Crippen LogP contribution in [0.4, 0.5) is 0 Å². The minimum absolute atomic E-state index is 0.0237. The van der Waals surface area contributed by atoms with Crippen LogP contribution in [0.1, 0.15) is 85.7 Å². The maximum atomic E-state index is 13.1. The lowest BCUT2D eigenvalue weighted by Crippen LogP contribution is -2.54. The van der Waals surface area contributed by atoms with Crippen molar-refractivity contribution in [1.29, 1.82) is 0 Å². The van der Waals surface area contributed by atoms with Crippen molar-refractivity contribution < 1.29 is 14.7 Å². The molecule has 1 aliphatic heterocycles. The summed E-state index contributed by atoms with van der Waals surface area (Å²) in [4.78, 5) is 27.5. The lowest BCUT2D eigenvalue weighted by molar-refractivity contribution is -0.140. The second-order valence-corrected chi connectivity index (χ2v) is 9.62. The summed E-state index contributed by atoms with van der Waals surface area (Å²) in [6.45, 7) is 7.29. The third-order valence-electron chi connectivity index (χ3n) is 6.73. The molecule has 2 fully saturated rings. The summed E-state index contributed by atoms with van der Waals surface area (Å²) in [6.07, 6.45) is 7.48. The first-order valence-corrected chi connectivity index (χ1v) is 10.5. The molecule has 0 radical (unpaired) electrons. The Morgan fingerprint density at radius 2 is 1.81 bits per heavy atom. The number of nitrogens with zero attached hydrogens (tertiary/aromatic N) is 2. The fourth-order valence-corrected chi connectivity index (χ4v) is 5.34. The average molecular weight is 373 g/mol. The Morgan fingerprint density at radius 3 is 2.44 bits per heavy atom. The summed E-state index contributed by atoms with van der Waals surface area (Å²) in [7, 11) is 0. The molecule has 0 bridgehead atoms. The van der Waals surface area contributed by atoms with Crippen molar-refractivity contribution in [2.75, 3.05) is 13.1 Å². The van der Waals surface area contributed by atoms with Gasteiger partial charge in [0.2, 0.25) is 5.91 Å². The first-order chi connectivity index (χ1) is 12.8. The summed E-state index contributed by atoms with van der Waals surface area (Å²) in [5, 5.41) is 9.50. The van der Waals surface area contributed by atoms with Crippen molar-refractivity contribution >= 4 is 11.7 Å². The van der Waals surface area contributed by atoms with Crippen LogP contribution in [0.2, 0.25) is 0 Å². The number of hydrogen-bond acceptors (Lipinski definition) is 3. The number of likely N-dealkylation sites (tertiary alicyclic amines) is 1.